The second-order valence-electron chi connectivity index (χ2n) is 8.88. The minimum absolute atomic E-state index is 0.000277. The number of carboxylic acids is 1. The Morgan fingerprint density at radius 2 is 2.00 bits per heavy atom. The predicted molar refractivity (Wildman–Crippen MR) is 135 cm³/mol. The summed E-state index contributed by atoms with van der Waals surface area (Å²) in [7, 11) is 0. The summed E-state index contributed by atoms with van der Waals surface area (Å²) in [6.07, 6.45) is 6.33. The second kappa shape index (κ2) is 10.0. The van der Waals surface area contributed by atoms with Gasteiger partial charge in [-0.1, -0.05) is 25.3 Å². The van der Waals surface area contributed by atoms with Crippen LogP contribution in [0.2, 0.25) is 0 Å². The number of hydrogen-bond donors (Lipinski definition) is 4. The normalized spacial score (nSPS) is 15.1. The predicted octanol–water partition coefficient (Wildman–Crippen LogP) is 3.43. The number of fused-ring (bicyclic) bond motifs is 1. The number of H-pyrrole nitrogens is 2. The van der Waals surface area contributed by atoms with Gasteiger partial charge in [0.2, 0.25) is 0 Å². The second-order valence-corrected chi connectivity index (χ2v) is 8.88. The molecule has 1 aliphatic rings. The van der Waals surface area contributed by atoms with Gasteiger partial charge in [-0.3, -0.25) is 9.89 Å². The van der Waals surface area contributed by atoms with Gasteiger partial charge in [0.05, 0.1) is 11.7 Å². The molecule has 4 rings (SSSR count). The average Bonchev–Trinajstić information content (AvgIpc) is 3.32. The van der Waals surface area contributed by atoms with E-state index in [0.717, 1.165) is 27.6 Å². The fourth-order valence-electron chi connectivity index (χ4n) is 4.72. The van der Waals surface area contributed by atoms with Crippen molar-refractivity contribution in [2.24, 2.45) is 0 Å². The molecular formula is C26H29N5O4. The third-order valence-corrected chi connectivity index (χ3v) is 6.62. The Bertz CT molecular complexity index is 1350. The van der Waals surface area contributed by atoms with Crippen LogP contribution in [0.5, 0.6) is 0 Å². The highest BCUT2D eigenvalue weighted by Crippen LogP contribution is 2.27. The number of likely N-dealkylation sites (tertiary alicyclic amines) is 1. The Labute approximate surface area is 202 Å². The van der Waals surface area contributed by atoms with Crippen molar-refractivity contribution < 1.29 is 14.7 Å². The summed E-state index contributed by atoms with van der Waals surface area (Å²) in [5.41, 5.74) is 4.62. The third-order valence-electron chi connectivity index (χ3n) is 6.62. The lowest BCUT2D eigenvalue weighted by Crippen LogP contribution is -2.50. The van der Waals surface area contributed by atoms with Crippen LogP contribution in [0.25, 0.3) is 23.1 Å². The van der Waals surface area contributed by atoms with Gasteiger partial charge in [0.25, 0.3) is 5.56 Å². The third kappa shape index (κ3) is 5.03. The molecule has 1 unspecified atom stereocenters. The van der Waals surface area contributed by atoms with Crippen LogP contribution in [-0.4, -0.2) is 56.3 Å². The summed E-state index contributed by atoms with van der Waals surface area (Å²) in [6.45, 7) is 10.3. The standard InChI is InChI=1S/C26H29N5O4/c1-4-17-13-20(24(32)28-21(17)5-2)18-6-8-31(9-7-18)26(35)29-22(25(33)34)12-16-10-15(3)23-19(11-16)14-27-30-23/h4-5,10-11,13-14,18,22H,1-2,6-9,12H2,3H3,(H,27,30)(H,28,32)(H,29,35)(H,33,34). The number of aromatic nitrogens is 3. The van der Waals surface area contributed by atoms with E-state index in [1.54, 1.807) is 23.2 Å². The zero-order valence-electron chi connectivity index (χ0n) is 19.6. The molecule has 1 aliphatic heterocycles. The molecule has 1 atom stereocenters. The van der Waals surface area contributed by atoms with Gasteiger partial charge in [-0.2, -0.15) is 5.10 Å². The smallest absolute Gasteiger partial charge is 0.326 e. The van der Waals surface area contributed by atoms with Gasteiger partial charge in [0, 0.05) is 36.2 Å². The minimum Gasteiger partial charge on any atom is -0.480 e. The first kappa shape index (κ1) is 24.0. The van der Waals surface area contributed by atoms with Crippen molar-refractivity contribution in [2.45, 2.75) is 38.1 Å². The highest BCUT2D eigenvalue weighted by Gasteiger charge is 2.29. The van der Waals surface area contributed by atoms with E-state index in [1.165, 1.54) is 0 Å². The van der Waals surface area contributed by atoms with Crippen LogP contribution in [0.15, 0.2) is 42.3 Å². The number of carboxylic acid groups (broad SMARTS) is 1. The molecule has 4 N–H and O–H groups in total. The molecule has 182 valence electrons. The van der Waals surface area contributed by atoms with Gasteiger partial charge in [-0.25, -0.2) is 9.59 Å². The van der Waals surface area contributed by atoms with Crippen LogP contribution in [0.1, 0.15) is 46.7 Å². The maximum absolute atomic E-state index is 12.9. The first-order valence-corrected chi connectivity index (χ1v) is 11.5. The average molecular weight is 476 g/mol. The maximum Gasteiger partial charge on any atom is 0.326 e. The van der Waals surface area contributed by atoms with Crippen molar-refractivity contribution in [3.8, 4) is 0 Å². The first-order valence-electron chi connectivity index (χ1n) is 11.5. The molecule has 3 heterocycles. The molecule has 9 nitrogen and oxygen atoms in total. The van der Waals surface area contributed by atoms with Crippen LogP contribution in [-0.2, 0) is 11.2 Å². The Morgan fingerprint density at radius 3 is 2.66 bits per heavy atom. The topological polar surface area (TPSA) is 131 Å². The van der Waals surface area contributed by atoms with E-state index in [0.29, 0.717) is 37.2 Å². The molecule has 1 saturated heterocycles. The maximum atomic E-state index is 12.9. The number of rotatable bonds is 7. The van der Waals surface area contributed by atoms with E-state index < -0.39 is 18.0 Å². The lowest BCUT2D eigenvalue weighted by Gasteiger charge is -2.33. The largest absolute Gasteiger partial charge is 0.480 e. The van der Waals surface area contributed by atoms with Gasteiger partial charge < -0.3 is 20.3 Å². The highest BCUT2D eigenvalue weighted by molar-refractivity contribution is 5.84. The fourth-order valence-corrected chi connectivity index (χ4v) is 4.72. The van der Waals surface area contributed by atoms with E-state index in [1.807, 2.05) is 25.1 Å². The van der Waals surface area contributed by atoms with Crippen molar-refractivity contribution in [1.29, 1.82) is 0 Å². The van der Waals surface area contributed by atoms with Crippen LogP contribution in [0, 0.1) is 6.92 Å². The molecule has 0 aliphatic carbocycles. The number of nitrogens with zero attached hydrogens (tertiary/aromatic N) is 2. The number of carbonyl (C=O) groups excluding carboxylic acids is 1. The van der Waals surface area contributed by atoms with Crippen LogP contribution in [0.4, 0.5) is 4.79 Å². The Kier molecular flexibility index (Phi) is 6.86. The van der Waals surface area contributed by atoms with Gasteiger partial charge in [-0.05, 0) is 60.6 Å². The van der Waals surface area contributed by atoms with Crippen LogP contribution in [0.3, 0.4) is 0 Å². The molecule has 0 saturated carbocycles. The summed E-state index contributed by atoms with van der Waals surface area (Å²) >= 11 is 0. The molecule has 1 fully saturated rings. The van der Waals surface area contributed by atoms with E-state index >= 15 is 0 Å². The number of carbonyl (C=O) groups is 2. The number of benzene rings is 1. The molecule has 2 amide bonds. The van der Waals surface area contributed by atoms with Gasteiger partial charge >= 0.3 is 12.0 Å². The minimum atomic E-state index is -1.09. The van der Waals surface area contributed by atoms with Crippen molar-refractivity contribution in [2.75, 3.05) is 13.1 Å². The molecule has 0 radical (unpaired) electrons. The summed E-state index contributed by atoms with van der Waals surface area (Å²) < 4.78 is 0. The van der Waals surface area contributed by atoms with Crippen molar-refractivity contribution in [3.05, 3.63) is 75.9 Å². The molecule has 1 aromatic carbocycles. The SMILES string of the molecule is C=Cc1cc(C2CCN(C(=O)NC(Cc3cc(C)c4[nH]ncc4c3)C(=O)O)CC2)c(=O)[nH]c1C=C. The molecule has 2 aromatic heterocycles. The molecule has 35 heavy (non-hydrogen) atoms. The Balaban J connectivity index is 1.41. The van der Waals surface area contributed by atoms with Crippen molar-refractivity contribution in [3.63, 3.8) is 0 Å². The highest BCUT2D eigenvalue weighted by atomic mass is 16.4. The van der Waals surface area contributed by atoms with Gasteiger partial charge in [0.15, 0.2) is 0 Å². The molecular weight excluding hydrogens is 446 g/mol. The van der Waals surface area contributed by atoms with Crippen LogP contribution >= 0.6 is 0 Å². The molecule has 0 bridgehead atoms. The number of aliphatic carboxylic acids is 1. The van der Waals surface area contributed by atoms with Gasteiger partial charge in [0.1, 0.15) is 6.04 Å². The summed E-state index contributed by atoms with van der Waals surface area (Å²) in [5, 5.41) is 20.3. The van der Waals surface area contributed by atoms with E-state index in [9.17, 15) is 19.5 Å². The summed E-state index contributed by atoms with van der Waals surface area (Å²) in [5.74, 6) is -1.09. The number of hydrogen-bond acceptors (Lipinski definition) is 4. The first-order chi connectivity index (χ1) is 16.8. The monoisotopic (exact) mass is 475 g/mol. The van der Waals surface area contributed by atoms with E-state index in [2.05, 4.69) is 33.7 Å². The molecule has 3 aromatic rings. The number of aromatic amines is 2. The number of piperidine rings is 1. The zero-order valence-corrected chi connectivity index (χ0v) is 19.6. The lowest BCUT2D eigenvalue weighted by atomic mass is 9.89. The van der Waals surface area contributed by atoms with Gasteiger partial charge in [-0.15, -0.1) is 0 Å². The number of pyridine rings is 1. The summed E-state index contributed by atoms with van der Waals surface area (Å²) in [6, 6.07) is 4.14. The number of aryl methyl sites for hydroxylation is 1. The van der Waals surface area contributed by atoms with Crippen molar-refractivity contribution in [1.82, 2.24) is 25.4 Å². The van der Waals surface area contributed by atoms with Crippen molar-refractivity contribution >= 4 is 35.1 Å². The number of nitrogens with one attached hydrogen (secondary N) is 3. The fraction of sp³-hybridized carbons (Fsp3) is 0.308. The van der Waals surface area contributed by atoms with E-state index in [4.69, 9.17) is 0 Å². The molecule has 0 spiro atoms. The Hall–Kier alpha value is -4.14. The Morgan fingerprint density at radius 1 is 1.26 bits per heavy atom. The quantitative estimate of drug-likeness (QED) is 0.416. The zero-order chi connectivity index (χ0) is 25.1. The number of urea groups is 1. The number of amides is 2. The lowest BCUT2D eigenvalue weighted by molar-refractivity contribution is -0.139. The summed E-state index contributed by atoms with van der Waals surface area (Å²) in [4.78, 5) is 41.8. The van der Waals surface area contributed by atoms with E-state index in [-0.39, 0.29) is 17.9 Å². The molecule has 9 heteroatoms. The van der Waals surface area contributed by atoms with Crippen LogP contribution < -0.4 is 10.9 Å².